The van der Waals surface area contributed by atoms with Crippen molar-refractivity contribution in [1.82, 2.24) is 19.9 Å². The number of anilines is 4. The van der Waals surface area contributed by atoms with Crippen molar-refractivity contribution in [2.75, 3.05) is 22.9 Å². The van der Waals surface area contributed by atoms with Crippen LogP contribution in [0.25, 0.3) is 0 Å². The van der Waals surface area contributed by atoms with Crippen molar-refractivity contribution in [3.8, 4) is 24.3 Å². The lowest BCUT2D eigenvalue weighted by Gasteiger charge is -2.36. The third-order valence-corrected chi connectivity index (χ3v) is 10.6. The van der Waals surface area contributed by atoms with Gasteiger partial charge >= 0.3 is 0 Å². The Labute approximate surface area is 327 Å². The number of nitrogens with zero attached hydrogens (tertiary/aromatic N) is 10. The van der Waals surface area contributed by atoms with E-state index in [1.165, 1.54) is 141 Å². The number of nitriles is 4. The molecule has 0 N–H and O–H groups in total. The number of hydrogen-bond acceptors (Lipinski definition) is 10. The summed E-state index contributed by atoms with van der Waals surface area (Å²) in [4.78, 5) is 22.4. The Morgan fingerprint density at radius 3 is 0.685 bits per heavy atom. The topological polar surface area (TPSA) is 153 Å². The van der Waals surface area contributed by atoms with Crippen LogP contribution in [0.15, 0.2) is 0 Å². The first-order valence-electron chi connectivity index (χ1n) is 21.6. The fourth-order valence-electron chi connectivity index (χ4n) is 7.42. The minimum absolute atomic E-state index is 0.0378. The molecule has 0 aromatic carbocycles. The smallest absolute Gasteiger partial charge is 0.179 e. The molecule has 0 radical (unpaired) electrons. The summed E-state index contributed by atoms with van der Waals surface area (Å²) in [5.41, 5.74) is -0.151. The van der Waals surface area contributed by atoms with Crippen LogP contribution < -0.4 is 9.80 Å². The van der Waals surface area contributed by atoms with Crippen LogP contribution in [0.2, 0.25) is 0 Å². The minimum atomic E-state index is -0.0378. The van der Waals surface area contributed by atoms with E-state index in [-0.39, 0.29) is 22.8 Å². The number of unbranched alkanes of at least 4 members (excludes halogenated alkanes) is 26. The summed E-state index contributed by atoms with van der Waals surface area (Å²) in [6.07, 6.45) is 35.1. The standard InChI is InChI=1S/C44H66N10/c1-3-5-7-9-11-13-15-17-19-21-23-25-27-29-31-53-41-43(51-39(35-47)37(33-45)49-41)54(44-42(53)50-38(34-46)40(36-48)52-44)32-30-28-26-24-22-20-18-16-14-12-10-8-6-4-2/h3-32H2,1-2H3. The molecule has 3 heterocycles. The Balaban J connectivity index is 1.59. The molecule has 0 fully saturated rings. The zero-order valence-corrected chi connectivity index (χ0v) is 33.7. The molecule has 3 rings (SSSR count). The number of fused-ring (bicyclic) bond motifs is 2. The SMILES string of the molecule is CCCCCCCCCCCCCCCCN1c2nc(C#N)c(C#N)nc2N(CCCCCCCCCCCCCCCC)c2nc(C#N)c(C#N)nc21. The molecule has 10 heteroatoms. The van der Waals surface area contributed by atoms with Crippen molar-refractivity contribution in [2.45, 2.75) is 194 Å². The highest BCUT2D eigenvalue weighted by Gasteiger charge is 2.35. The molecule has 1 aliphatic rings. The van der Waals surface area contributed by atoms with Gasteiger partial charge in [0.25, 0.3) is 0 Å². The molecule has 0 atom stereocenters. The van der Waals surface area contributed by atoms with E-state index in [2.05, 4.69) is 33.8 Å². The molecule has 292 valence electrons. The van der Waals surface area contributed by atoms with Gasteiger partial charge in [0.15, 0.2) is 46.0 Å². The average Bonchev–Trinajstić information content (AvgIpc) is 3.20. The van der Waals surface area contributed by atoms with E-state index in [9.17, 15) is 21.0 Å². The van der Waals surface area contributed by atoms with Gasteiger partial charge in [0.1, 0.15) is 24.3 Å². The summed E-state index contributed by atoms with van der Waals surface area (Å²) in [6.45, 7) is 5.61. The second-order valence-corrected chi connectivity index (χ2v) is 15.1. The summed E-state index contributed by atoms with van der Waals surface area (Å²) in [5, 5.41) is 39.4. The lowest BCUT2D eigenvalue weighted by molar-refractivity contribution is 0.535. The van der Waals surface area contributed by atoms with Gasteiger partial charge in [-0.25, -0.2) is 19.9 Å². The Morgan fingerprint density at radius 2 is 0.500 bits per heavy atom. The summed E-state index contributed by atoms with van der Waals surface area (Å²) in [6, 6.07) is 8.17. The summed E-state index contributed by atoms with van der Waals surface area (Å²) < 4.78 is 0. The highest BCUT2D eigenvalue weighted by atomic mass is 15.4. The van der Waals surface area contributed by atoms with Gasteiger partial charge < -0.3 is 9.80 Å². The number of aromatic nitrogens is 4. The molecule has 0 amide bonds. The van der Waals surface area contributed by atoms with E-state index < -0.39 is 0 Å². The molecule has 54 heavy (non-hydrogen) atoms. The van der Waals surface area contributed by atoms with Crippen molar-refractivity contribution in [2.24, 2.45) is 0 Å². The molecule has 2 aromatic heterocycles. The Morgan fingerprint density at radius 1 is 0.315 bits per heavy atom. The van der Waals surface area contributed by atoms with Crippen molar-refractivity contribution >= 4 is 23.3 Å². The molecule has 2 aromatic rings. The molecule has 1 aliphatic heterocycles. The van der Waals surface area contributed by atoms with Gasteiger partial charge in [-0.15, -0.1) is 0 Å². The average molecular weight is 735 g/mol. The Kier molecular flexibility index (Phi) is 22.3. The lowest BCUT2D eigenvalue weighted by atomic mass is 10.0. The molecule has 10 nitrogen and oxygen atoms in total. The second-order valence-electron chi connectivity index (χ2n) is 15.1. The molecule has 0 unspecified atom stereocenters. The predicted octanol–water partition coefficient (Wildman–Crippen LogP) is 12.3. The van der Waals surface area contributed by atoms with Crippen LogP contribution in [0.3, 0.4) is 0 Å². The molecular formula is C44H66N10. The van der Waals surface area contributed by atoms with Gasteiger partial charge in [-0.3, -0.25) is 0 Å². The first kappa shape index (κ1) is 44.1. The van der Waals surface area contributed by atoms with Crippen LogP contribution >= 0.6 is 0 Å². The normalized spacial score (nSPS) is 11.7. The molecule has 0 aliphatic carbocycles. The van der Waals surface area contributed by atoms with Gasteiger partial charge in [-0.2, -0.15) is 21.0 Å². The van der Waals surface area contributed by atoms with E-state index in [0.717, 1.165) is 38.5 Å². The number of rotatable bonds is 30. The third-order valence-electron chi connectivity index (χ3n) is 10.6. The Bertz CT molecular complexity index is 1350. The third kappa shape index (κ3) is 14.9. The maximum Gasteiger partial charge on any atom is 0.179 e. The van der Waals surface area contributed by atoms with Crippen molar-refractivity contribution in [3.05, 3.63) is 22.8 Å². The van der Waals surface area contributed by atoms with Gasteiger partial charge in [0.2, 0.25) is 0 Å². The minimum Gasteiger partial charge on any atom is -0.305 e. The van der Waals surface area contributed by atoms with Crippen LogP contribution in [0, 0.1) is 45.3 Å². The maximum absolute atomic E-state index is 9.86. The fourth-order valence-corrected chi connectivity index (χ4v) is 7.42. The van der Waals surface area contributed by atoms with Crippen molar-refractivity contribution in [3.63, 3.8) is 0 Å². The van der Waals surface area contributed by atoms with Gasteiger partial charge in [-0.1, -0.05) is 181 Å². The summed E-state index contributed by atoms with van der Waals surface area (Å²) >= 11 is 0. The van der Waals surface area contributed by atoms with Crippen LogP contribution in [0.4, 0.5) is 23.3 Å². The fraction of sp³-hybridized carbons (Fsp3) is 0.727. The quantitative estimate of drug-likeness (QED) is 0.0708. The molecular weight excluding hydrogens is 669 g/mol. The van der Waals surface area contributed by atoms with E-state index in [4.69, 9.17) is 0 Å². The largest absolute Gasteiger partial charge is 0.305 e. The summed E-state index contributed by atoms with van der Waals surface area (Å²) in [5.74, 6) is 1.78. The van der Waals surface area contributed by atoms with Crippen LogP contribution in [0.5, 0.6) is 0 Å². The maximum atomic E-state index is 9.86. The zero-order chi connectivity index (χ0) is 38.6. The van der Waals surface area contributed by atoms with Gasteiger partial charge in [-0.05, 0) is 12.8 Å². The molecule has 0 spiro atoms. The first-order chi connectivity index (χ1) is 26.6. The van der Waals surface area contributed by atoms with E-state index >= 15 is 0 Å². The predicted molar refractivity (Wildman–Crippen MR) is 218 cm³/mol. The lowest BCUT2D eigenvalue weighted by Crippen LogP contribution is -2.35. The van der Waals surface area contributed by atoms with E-state index in [1.807, 2.05) is 34.1 Å². The highest BCUT2D eigenvalue weighted by molar-refractivity contribution is 5.86. The van der Waals surface area contributed by atoms with Crippen LogP contribution in [0.1, 0.15) is 216 Å². The zero-order valence-electron chi connectivity index (χ0n) is 33.7. The number of hydrogen-bond donors (Lipinski definition) is 0. The van der Waals surface area contributed by atoms with Crippen molar-refractivity contribution < 1.29 is 0 Å². The molecule has 0 saturated heterocycles. The van der Waals surface area contributed by atoms with Crippen molar-refractivity contribution in [1.29, 1.82) is 21.0 Å². The van der Waals surface area contributed by atoms with E-state index in [1.54, 1.807) is 0 Å². The first-order valence-corrected chi connectivity index (χ1v) is 21.6. The molecule has 0 saturated carbocycles. The van der Waals surface area contributed by atoms with Gasteiger partial charge in [0.05, 0.1) is 0 Å². The Hall–Kier alpha value is -4.28. The van der Waals surface area contributed by atoms with Gasteiger partial charge in [0, 0.05) is 13.1 Å². The van der Waals surface area contributed by atoms with Crippen LogP contribution in [-0.2, 0) is 0 Å². The second kappa shape index (κ2) is 27.3. The highest BCUT2D eigenvalue weighted by Crippen LogP contribution is 2.45. The summed E-state index contributed by atoms with van der Waals surface area (Å²) in [7, 11) is 0. The van der Waals surface area contributed by atoms with E-state index in [0.29, 0.717) is 36.4 Å². The molecule has 0 bridgehead atoms. The van der Waals surface area contributed by atoms with Crippen LogP contribution in [-0.4, -0.2) is 33.0 Å². The monoisotopic (exact) mass is 735 g/mol.